The fourth-order valence-corrected chi connectivity index (χ4v) is 5.50. The summed E-state index contributed by atoms with van der Waals surface area (Å²) in [5, 5.41) is 18.3. The van der Waals surface area contributed by atoms with E-state index in [9.17, 15) is 39.5 Å². The van der Waals surface area contributed by atoms with Gasteiger partial charge in [0, 0.05) is 10.2 Å². The number of nitrogens with zero attached hydrogens (tertiary/aromatic N) is 2. The Kier molecular flexibility index (Phi) is 13.2. The monoisotopic (exact) mass is 910 g/mol. The molecule has 0 aliphatic rings. The Hall–Kier alpha value is -5.55. The summed E-state index contributed by atoms with van der Waals surface area (Å²) >= 11 is 13.2. The Bertz CT molecular complexity index is 2350. The Morgan fingerprint density at radius 2 is 1.16 bits per heavy atom. The van der Waals surface area contributed by atoms with Gasteiger partial charge in [0.15, 0.2) is 46.2 Å². The maximum atomic E-state index is 13.2. The molecule has 4 aromatic carbocycles. The van der Waals surface area contributed by atoms with Crippen LogP contribution in [0.3, 0.4) is 0 Å². The fourth-order valence-electron chi connectivity index (χ4n) is 4.72. The molecule has 2 heterocycles. The van der Waals surface area contributed by atoms with Gasteiger partial charge >= 0.3 is 18.5 Å². The van der Waals surface area contributed by atoms with E-state index in [1.807, 2.05) is 0 Å². The van der Waals surface area contributed by atoms with Crippen molar-refractivity contribution in [2.24, 2.45) is 0 Å². The van der Waals surface area contributed by atoms with Crippen LogP contribution in [0.5, 0.6) is 17.2 Å². The molecule has 0 atom stereocenters. The van der Waals surface area contributed by atoms with Crippen LogP contribution in [0.2, 0.25) is 0 Å². The first kappa shape index (κ1) is 42.6. The van der Waals surface area contributed by atoms with Crippen LogP contribution in [-0.4, -0.2) is 53.2 Å². The highest BCUT2D eigenvalue weighted by molar-refractivity contribution is 9.10. The van der Waals surface area contributed by atoms with Gasteiger partial charge in [0.05, 0.1) is 18.4 Å². The van der Waals surface area contributed by atoms with Crippen LogP contribution in [0.15, 0.2) is 92.4 Å². The predicted molar refractivity (Wildman–Crippen MR) is 203 cm³/mol. The van der Waals surface area contributed by atoms with Crippen molar-refractivity contribution >= 4 is 95.5 Å². The minimum atomic E-state index is -4.65. The normalized spacial score (nSPS) is 11.7. The molecule has 0 bridgehead atoms. The number of halogens is 10. The zero-order valence-electron chi connectivity index (χ0n) is 28.5. The van der Waals surface area contributed by atoms with E-state index in [0.29, 0.717) is 11.4 Å². The lowest BCUT2D eigenvalue weighted by Gasteiger charge is -2.16. The number of rotatable bonds is 9. The molecule has 302 valence electrons. The van der Waals surface area contributed by atoms with E-state index in [2.05, 4.69) is 47.5 Å². The molecule has 0 unspecified atom stereocenters. The average molecular weight is 912 g/mol. The van der Waals surface area contributed by atoms with Gasteiger partial charge in [0.2, 0.25) is 0 Å². The number of thiocarbonyl (C=S) groups is 2. The average Bonchev–Trinajstić information content (AvgIpc) is 3.74. The molecule has 0 fully saturated rings. The van der Waals surface area contributed by atoms with Crippen LogP contribution < -0.4 is 35.5 Å². The van der Waals surface area contributed by atoms with Gasteiger partial charge in [-0.3, -0.25) is 0 Å². The maximum Gasteiger partial charge on any atom is 0.422 e. The summed E-state index contributed by atoms with van der Waals surface area (Å²) in [5.74, 6) is 0.518. The molecule has 0 saturated heterocycles. The fraction of sp³-hybridized carbons (Fsp3) is 0.176. The molecule has 6 rings (SSSR count). The molecule has 0 aliphatic carbocycles. The number of hydrogen-bond donors (Lipinski definition) is 4. The smallest absolute Gasteiger partial charge is 0.422 e. The second kappa shape index (κ2) is 17.7. The van der Waals surface area contributed by atoms with E-state index in [1.54, 1.807) is 37.4 Å². The third-order valence-electron chi connectivity index (χ3n) is 7.05. The third-order valence-corrected chi connectivity index (χ3v) is 7.95. The molecule has 0 radical (unpaired) electrons. The van der Waals surface area contributed by atoms with E-state index in [-0.39, 0.29) is 65.5 Å². The van der Waals surface area contributed by atoms with Gasteiger partial charge in [-0.1, -0.05) is 38.4 Å². The zero-order chi connectivity index (χ0) is 41.5. The Balaban J connectivity index is 0.000000219. The quantitative estimate of drug-likeness (QED) is 0.0812. The van der Waals surface area contributed by atoms with E-state index >= 15 is 0 Å². The molecule has 0 saturated carbocycles. The molecule has 0 aliphatic heterocycles. The van der Waals surface area contributed by atoms with E-state index < -0.39 is 37.3 Å². The SMILES string of the molecule is COc1ccc(NC(=S)Nc2noc3cccc(OCC(F)(F)F)c23)cc1.FC(F)(F)COc1cccc2onc(NC(=S)Nc3ccc(Br)cc3C(F)(F)F)c12. The lowest BCUT2D eigenvalue weighted by molar-refractivity contribution is -0.153. The molecule has 4 N–H and O–H groups in total. The Morgan fingerprint density at radius 1 is 0.667 bits per heavy atom. The van der Waals surface area contributed by atoms with Crippen molar-refractivity contribution in [1.29, 1.82) is 0 Å². The highest BCUT2D eigenvalue weighted by atomic mass is 79.9. The van der Waals surface area contributed by atoms with Gasteiger partial charge in [-0.05, 0) is 91.2 Å². The van der Waals surface area contributed by atoms with Gasteiger partial charge in [-0.2, -0.15) is 39.5 Å². The van der Waals surface area contributed by atoms with Crippen molar-refractivity contribution in [3.05, 3.63) is 88.9 Å². The van der Waals surface area contributed by atoms with Gasteiger partial charge < -0.3 is 44.5 Å². The summed E-state index contributed by atoms with van der Waals surface area (Å²) in [6.45, 7) is -2.97. The number of nitrogens with one attached hydrogen (secondary N) is 4. The van der Waals surface area contributed by atoms with E-state index in [0.717, 1.165) is 6.07 Å². The summed E-state index contributed by atoms with van der Waals surface area (Å²) < 4.78 is 140. The third kappa shape index (κ3) is 12.0. The summed E-state index contributed by atoms with van der Waals surface area (Å²) in [6, 6.07) is 19.0. The molecule has 11 nitrogen and oxygen atoms in total. The van der Waals surface area contributed by atoms with Gasteiger partial charge in [-0.25, -0.2) is 0 Å². The predicted octanol–water partition coefficient (Wildman–Crippen LogP) is 10.9. The number of ether oxygens (including phenoxy) is 3. The van der Waals surface area contributed by atoms with Crippen molar-refractivity contribution < 1.29 is 62.8 Å². The number of fused-ring (bicyclic) bond motifs is 2. The maximum absolute atomic E-state index is 13.2. The molecule has 0 amide bonds. The first-order valence-electron chi connectivity index (χ1n) is 15.6. The molecule has 6 aromatic rings. The summed E-state index contributed by atoms with van der Waals surface area (Å²) in [4.78, 5) is 0. The first-order valence-corrected chi connectivity index (χ1v) is 17.2. The summed E-state index contributed by atoms with van der Waals surface area (Å²) in [6.07, 6.45) is -13.7. The van der Waals surface area contributed by atoms with Crippen molar-refractivity contribution in [3.8, 4) is 17.2 Å². The van der Waals surface area contributed by atoms with Gasteiger partial charge in [0.1, 0.15) is 28.0 Å². The van der Waals surface area contributed by atoms with Crippen molar-refractivity contribution in [1.82, 2.24) is 10.3 Å². The van der Waals surface area contributed by atoms with E-state index in [4.69, 9.17) is 47.7 Å². The Morgan fingerprint density at radius 3 is 1.61 bits per heavy atom. The largest absolute Gasteiger partial charge is 0.497 e. The topological polar surface area (TPSA) is 128 Å². The molecular formula is C34H24BrF9N6O5S2. The van der Waals surface area contributed by atoms with E-state index in [1.165, 1.54) is 42.5 Å². The highest BCUT2D eigenvalue weighted by Gasteiger charge is 2.34. The lowest BCUT2D eigenvalue weighted by atomic mass is 10.1. The number of anilines is 4. The first-order chi connectivity index (χ1) is 26.8. The molecule has 2 aromatic heterocycles. The second-order valence-corrected chi connectivity index (χ2v) is 12.9. The van der Waals surface area contributed by atoms with Crippen molar-refractivity contribution in [3.63, 3.8) is 0 Å². The zero-order valence-corrected chi connectivity index (χ0v) is 31.7. The number of benzene rings is 4. The van der Waals surface area contributed by atoms with Crippen LogP contribution in [0.1, 0.15) is 5.56 Å². The lowest BCUT2D eigenvalue weighted by Crippen LogP contribution is -2.22. The van der Waals surface area contributed by atoms with Crippen LogP contribution in [0.25, 0.3) is 21.9 Å². The minimum absolute atomic E-state index is 0.0131. The minimum Gasteiger partial charge on any atom is -0.497 e. The van der Waals surface area contributed by atoms with Crippen LogP contribution in [-0.2, 0) is 6.18 Å². The van der Waals surface area contributed by atoms with Crippen LogP contribution >= 0.6 is 40.4 Å². The Labute approximate surface area is 333 Å². The summed E-state index contributed by atoms with van der Waals surface area (Å²) in [5.41, 5.74) is -0.247. The standard InChI is InChI=1S/C17H10BrF6N3O2S.C17H14F3N3O3S/c18-8-4-5-10(9(6-8)17(22,23)24)25-15(30)26-14-13-11(28-7-16(19,20)21)2-1-3-12(13)29-27-14;1-24-11-7-5-10(6-8-11)21-16(27)22-15-14-12(25-9-17(18,19)20)3-2-4-13(14)26-23-15/h1-6H,7H2,(H2,25,26,27,30);2-8H,9H2,1H3,(H2,21,22,23,27). The highest BCUT2D eigenvalue weighted by Crippen LogP contribution is 2.38. The number of aromatic nitrogens is 2. The number of methoxy groups -OCH3 is 1. The molecular weight excluding hydrogens is 887 g/mol. The molecule has 57 heavy (non-hydrogen) atoms. The van der Waals surface area contributed by atoms with Gasteiger partial charge in [-0.15, -0.1) is 0 Å². The van der Waals surface area contributed by atoms with Gasteiger partial charge in [0.25, 0.3) is 0 Å². The number of alkyl halides is 9. The van der Waals surface area contributed by atoms with Crippen LogP contribution in [0.4, 0.5) is 62.5 Å². The van der Waals surface area contributed by atoms with Crippen molar-refractivity contribution in [2.45, 2.75) is 18.5 Å². The summed E-state index contributed by atoms with van der Waals surface area (Å²) in [7, 11) is 1.56. The van der Waals surface area contributed by atoms with Crippen LogP contribution in [0, 0.1) is 0 Å². The second-order valence-electron chi connectivity index (χ2n) is 11.2. The number of hydrogen-bond acceptors (Lipinski definition) is 9. The van der Waals surface area contributed by atoms with Crippen molar-refractivity contribution in [2.75, 3.05) is 41.6 Å². The molecule has 23 heteroatoms. The molecule has 0 spiro atoms.